The van der Waals surface area contributed by atoms with Gasteiger partial charge in [-0.1, -0.05) is 18.5 Å². The van der Waals surface area contributed by atoms with Gasteiger partial charge < -0.3 is 9.64 Å². The lowest BCUT2D eigenvalue weighted by atomic mass is 10.1. The van der Waals surface area contributed by atoms with Crippen LogP contribution in [0.1, 0.15) is 31.9 Å². The van der Waals surface area contributed by atoms with E-state index in [4.69, 9.17) is 16.3 Å². The standard InChI is InChI=1S/C14H21ClN2O/c1-3-9-18-12-5-4-8-17(10-12)14-7-6-13(15)11(2)16-14/h6-7,12H,3-5,8-10H2,1-2H3. The van der Waals surface area contributed by atoms with Crippen LogP contribution in [0.25, 0.3) is 0 Å². The first-order valence-corrected chi connectivity index (χ1v) is 7.08. The van der Waals surface area contributed by atoms with E-state index < -0.39 is 0 Å². The molecule has 0 N–H and O–H groups in total. The summed E-state index contributed by atoms with van der Waals surface area (Å²) in [5, 5.41) is 0.731. The summed E-state index contributed by atoms with van der Waals surface area (Å²) in [5.74, 6) is 1.02. The summed E-state index contributed by atoms with van der Waals surface area (Å²) in [6, 6.07) is 3.92. The molecule has 1 aliphatic rings. The predicted molar refractivity (Wildman–Crippen MR) is 75.5 cm³/mol. The maximum atomic E-state index is 6.01. The molecule has 1 unspecified atom stereocenters. The fourth-order valence-electron chi connectivity index (χ4n) is 2.27. The largest absolute Gasteiger partial charge is 0.376 e. The molecule has 2 heterocycles. The average molecular weight is 269 g/mol. The lowest BCUT2D eigenvalue weighted by Gasteiger charge is -2.33. The van der Waals surface area contributed by atoms with Crippen molar-refractivity contribution in [2.75, 3.05) is 24.6 Å². The van der Waals surface area contributed by atoms with E-state index in [-0.39, 0.29) is 0 Å². The first-order valence-electron chi connectivity index (χ1n) is 6.70. The number of aryl methyl sites for hydroxylation is 1. The predicted octanol–water partition coefficient (Wildman–Crippen LogP) is 3.44. The molecule has 0 radical (unpaired) electrons. The number of halogens is 1. The van der Waals surface area contributed by atoms with Crippen molar-refractivity contribution in [3.63, 3.8) is 0 Å². The molecular formula is C14H21ClN2O. The Morgan fingerprint density at radius 2 is 2.33 bits per heavy atom. The molecule has 0 bridgehead atoms. The highest BCUT2D eigenvalue weighted by molar-refractivity contribution is 6.31. The monoisotopic (exact) mass is 268 g/mol. The van der Waals surface area contributed by atoms with Crippen LogP contribution in [0.3, 0.4) is 0 Å². The van der Waals surface area contributed by atoms with Gasteiger partial charge in [-0.05, 0) is 38.3 Å². The Bertz CT molecular complexity index is 397. The topological polar surface area (TPSA) is 25.4 Å². The Morgan fingerprint density at radius 1 is 1.50 bits per heavy atom. The van der Waals surface area contributed by atoms with Crippen LogP contribution in [0.15, 0.2) is 12.1 Å². The molecule has 2 rings (SSSR count). The van der Waals surface area contributed by atoms with Crippen LogP contribution in [0.5, 0.6) is 0 Å². The summed E-state index contributed by atoms with van der Waals surface area (Å²) in [6.45, 7) is 6.94. The third-order valence-electron chi connectivity index (χ3n) is 3.27. The van der Waals surface area contributed by atoms with Gasteiger partial charge in [0.1, 0.15) is 5.82 Å². The van der Waals surface area contributed by atoms with E-state index in [0.29, 0.717) is 6.10 Å². The van der Waals surface area contributed by atoms with Crippen molar-refractivity contribution in [3.05, 3.63) is 22.8 Å². The SMILES string of the molecule is CCCOC1CCCN(c2ccc(Cl)c(C)n2)C1. The summed E-state index contributed by atoms with van der Waals surface area (Å²) in [5.41, 5.74) is 0.894. The van der Waals surface area contributed by atoms with Gasteiger partial charge in [0, 0.05) is 19.7 Å². The van der Waals surface area contributed by atoms with Crippen LogP contribution < -0.4 is 4.90 Å². The van der Waals surface area contributed by atoms with E-state index in [1.165, 1.54) is 0 Å². The van der Waals surface area contributed by atoms with E-state index in [2.05, 4.69) is 16.8 Å². The lowest BCUT2D eigenvalue weighted by Crippen LogP contribution is -2.40. The molecule has 4 heteroatoms. The Kier molecular flexibility index (Phi) is 4.84. The van der Waals surface area contributed by atoms with Crippen LogP contribution in [0, 0.1) is 6.92 Å². The molecule has 1 fully saturated rings. The van der Waals surface area contributed by atoms with Gasteiger partial charge in [0.15, 0.2) is 0 Å². The summed E-state index contributed by atoms with van der Waals surface area (Å²) >= 11 is 6.01. The van der Waals surface area contributed by atoms with Crippen LogP contribution in [-0.2, 0) is 4.74 Å². The molecule has 100 valence electrons. The zero-order valence-electron chi connectivity index (χ0n) is 11.2. The Morgan fingerprint density at radius 3 is 3.06 bits per heavy atom. The smallest absolute Gasteiger partial charge is 0.128 e. The number of nitrogens with zero attached hydrogens (tertiary/aromatic N) is 2. The van der Waals surface area contributed by atoms with Gasteiger partial charge in [-0.2, -0.15) is 0 Å². The third-order valence-corrected chi connectivity index (χ3v) is 3.67. The first kappa shape index (κ1) is 13.6. The number of rotatable bonds is 4. The highest BCUT2D eigenvalue weighted by atomic mass is 35.5. The molecule has 18 heavy (non-hydrogen) atoms. The molecule has 0 amide bonds. The zero-order valence-corrected chi connectivity index (χ0v) is 11.9. The number of pyridine rings is 1. The van der Waals surface area contributed by atoms with Crippen molar-refractivity contribution >= 4 is 17.4 Å². The Labute approximate surface area is 114 Å². The number of ether oxygens (including phenoxy) is 1. The van der Waals surface area contributed by atoms with Gasteiger partial charge in [-0.3, -0.25) is 0 Å². The second-order valence-corrected chi connectivity index (χ2v) is 5.22. The molecule has 1 saturated heterocycles. The first-order chi connectivity index (χ1) is 8.70. The van der Waals surface area contributed by atoms with Crippen molar-refractivity contribution in [3.8, 4) is 0 Å². The fraction of sp³-hybridized carbons (Fsp3) is 0.643. The van der Waals surface area contributed by atoms with E-state index >= 15 is 0 Å². The number of aromatic nitrogens is 1. The second-order valence-electron chi connectivity index (χ2n) is 4.82. The number of piperidine rings is 1. The maximum absolute atomic E-state index is 6.01. The number of hydrogen-bond donors (Lipinski definition) is 0. The van der Waals surface area contributed by atoms with E-state index in [1.807, 2.05) is 19.1 Å². The summed E-state index contributed by atoms with van der Waals surface area (Å²) in [7, 11) is 0. The summed E-state index contributed by atoms with van der Waals surface area (Å²) in [4.78, 5) is 6.85. The Balaban J connectivity index is 2.01. The molecular weight excluding hydrogens is 248 g/mol. The zero-order chi connectivity index (χ0) is 13.0. The van der Waals surface area contributed by atoms with Crippen LogP contribution >= 0.6 is 11.6 Å². The molecule has 1 aromatic rings. The van der Waals surface area contributed by atoms with E-state index in [1.54, 1.807) is 0 Å². The normalized spacial score (nSPS) is 20.2. The molecule has 0 aliphatic carbocycles. The van der Waals surface area contributed by atoms with Crippen molar-refractivity contribution < 1.29 is 4.74 Å². The van der Waals surface area contributed by atoms with Crippen LogP contribution in [-0.4, -0.2) is 30.8 Å². The van der Waals surface area contributed by atoms with Gasteiger partial charge in [0.05, 0.1) is 16.8 Å². The molecule has 0 spiro atoms. The minimum Gasteiger partial charge on any atom is -0.376 e. The average Bonchev–Trinajstić information content (AvgIpc) is 2.40. The van der Waals surface area contributed by atoms with Gasteiger partial charge in [0.25, 0.3) is 0 Å². The molecule has 0 aromatic carbocycles. The van der Waals surface area contributed by atoms with Gasteiger partial charge in [0.2, 0.25) is 0 Å². The maximum Gasteiger partial charge on any atom is 0.128 e. The lowest BCUT2D eigenvalue weighted by molar-refractivity contribution is 0.0439. The molecule has 3 nitrogen and oxygen atoms in total. The van der Waals surface area contributed by atoms with Crippen LogP contribution in [0.2, 0.25) is 5.02 Å². The fourth-order valence-corrected chi connectivity index (χ4v) is 2.38. The quantitative estimate of drug-likeness (QED) is 0.836. The minimum absolute atomic E-state index is 0.344. The molecule has 1 aliphatic heterocycles. The summed E-state index contributed by atoms with van der Waals surface area (Å²) < 4.78 is 5.84. The Hall–Kier alpha value is -0.800. The van der Waals surface area contributed by atoms with Crippen molar-refractivity contribution in [1.82, 2.24) is 4.98 Å². The highest BCUT2D eigenvalue weighted by Gasteiger charge is 2.21. The third kappa shape index (κ3) is 3.36. The summed E-state index contributed by atoms with van der Waals surface area (Å²) in [6.07, 6.45) is 3.74. The van der Waals surface area contributed by atoms with Gasteiger partial charge in [-0.25, -0.2) is 4.98 Å². The van der Waals surface area contributed by atoms with E-state index in [9.17, 15) is 0 Å². The molecule has 1 atom stereocenters. The number of hydrogen-bond acceptors (Lipinski definition) is 3. The van der Waals surface area contributed by atoms with E-state index in [0.717, 1.165) is 55.5 Å². The van der Waals surface area contributed by atoms with Crippen molar-refractivity contribution in [2.24, 2.45) is 0 Å². The van der Waals surface area contributed by atoms with Crippen LogP contribution in [0.4, 0.5) is 5.82 Å². The van der Waals surface area contributed by atoms with Crippen molar-refractivity contribution in [1.29, 1.82) is 0 Å². The van der Waals surface area contributed by atoms with Gasteiger partial charge >= 0.3 is 0 Å². The van der Waals surface area contributed by atoms with Gasteiger partial charge in [-0.15, -0.1) is 0 Å². The minimum atomic E-state index is 0.344. The second kappa shape index (κ2) is 6.39. The van der Waals surface area contributed by atoms with Crippen molar-refractivity contribution in [2.45, 2.75) is 39.2 Å². The highest BCUT2D eigenvalue weighted by Crippen LogP contribution is 2.22. The number of anilines is 1. The molecule has 1 aromatic heterocycles. The molecule has 0 saturated carbocycles.